The van der Waals surface area contributed by atoms with Gasteiger partial charge in [0.25, 0.3) is 5.91 Å². The molecule has 0 atom stereocenters. The molecule has 0 aromatic heterocycles. The van der Waals surface area contributed by atoms with E-state index in [0.717, 1.165) is 35.8 Å². The molecule has 2 aromatic rings. The maximum atomic E-state index is 12.4. The maximum absolute atomic E-state index is 12.4. The first kappa shape index (κ1) is 19.0. The Hall–Kier alpha value is -2.31. The fraction of sp³-hybridized carbons (Fsp3) is 0.364. The second kappa shape index (κ2) is 8.80. The van der Waals surface area contributed by atoms with Crippen LogP contribution >= 0.6 is 11.8 Å². The van der Waals surface area contributed by atoms with Gasteiger partial charge in [-0.1, -0.05) is 24.3 Å². The van der Waals surface area contributed by atoms with Gasteiger partial charge in [-0.25, -0.2) is 0 Å². The van der Waals surface area contributed by atoms with Gasteiger partial charge in [0.15, 0.2) is 0 Å². The van der Waals surface area contributed by atoms with Crippen molar-refractivity contribution >= 4 is 29.3 Å². The SMILES string of the molecule is O=C(NCCN1CCCC1)c1ccc(CN2C(=O)CSc3ccccc32)cc1. The van der Waals surface area contributed by atoms with E-state index in [0.29, 0.717) is 24.4 Å². The van der Waals surface area contributed by atoms with Crippen LogP contribution in [-0.4, -0.2) is 48.6 Å². The third kappa shape index (κ3) is 4.39. The molecule has 0 bridgehead atoms. The van der Waals surface area contributed by atoms with E-state index in [9.17, 15) is 9.59 Å². The molecule has 1 N–H and O–H groups in total. The van der Waals surface area contributed by atoms with Crippen LogP contribution in [-0.2, 0) is 11.3 Å². The van der Waals surface area contributed by atoms with Crippen molar-refractivity contribution in [3.8, 4) is 0 Å². The zero-order valence-electron chi connectivity index (χ0n) is 15.9. The average Bonchev–Trinajstić information content (AvgIpc) is 3.24. The Morgan fingerprint density at radius 3 is 2.57 bits per heavy atom. The van der Waals surface area contributed by atoms with Crippen molar-refractivity contribution in [2.24, 2.45) is 0 Å². The second-order valence-corrected chi connectivity index (χ2v) is 8.26. The molecular formula is C22H25N3O2S. The number of rotatable bonds is 6. The zero-order valence-corrected chi connectivity index (χ0v) is 16.7. The Balaban J connectivity index is 1.35. The highest BCUT2D eigenvalue weighted by Gasteiger charge is 2.24. The number of likely N-dealkylation sites (tertiary alicyclic amines) is 1. The van der Waals surface area contributed by atoms with Gasteiger partial charge in [0, 0.05) is 23.5 Å². The molecule has 0 aliphatic carbocycles. The van der Waals surface area contributed by atoms with Crippen molar-refractivity contribution in [2.75, 3.05) is 36.8 Å². The smallest absolute Gasteiger partial charge is 0.251 e. The zero-order chi connectivity index (χ0) is 19.3. The summed E-state index contributed by atoms with van der Waals surface area (Å²) in [6.45, 7) is 4.39. The van der Waals surface area contributed by atoms with Crippen LogP contribution in [0.1, 0.15) is 28.8 Å². The predicted octanol–water partition coefficient (Wildman–Crippen LogP) is 3.15. The van der Waals surface area contributed by atoms with Crippen molar-refractivity contribution in [2.45, 2.75) is 24.3 Å². The third-order valence-corrected chi connectivity index (χ3v) is 6.32. The highest BCUT2D eigenvalue weighted by Crippen LogP contribution is 2.35. The number of fused-ring (bicyclic) bond motifs is 1. The minimum Gasteiger partial charge on any atom is -0.351 e. The largest absolute Gasteiger partial charge is 0.351 e. The van der Waals surface area contributed by atoms with Crippen LogP contribution in [0, 0.1) is 0 Å². The fourth-order valence-electron chi connectivity index (χ4n) is 3.71. The standard InChI is InChI=1S/C22H25N3O2S/c26-21-16-28-20-6-2-1-5-19(20)25(21)15-17-7-9-18(10-8-17)22(27)23-11-14-24-12-3-4-13-24/h1-2,5-10H,3-4,11-16H2,(H,23,27). The molecule has 6 heteroatoms. The Kier molecular flexibility index (Phi) is 5.98. The Labute approximate surface area is 170 Å². The van der Waals surface area contributed by atoms with E-state index in [2.05, 4.69) is 16.3 Å². The van der Waals surface area contributed by atoms with Gasteiger partial charge in [0.05, 0.1) is 18.0 Å². The number of hydrogen-bond donors (Lipinski definition) is 1. The van der Waals surface area contributed by atoms with Gasteiger partial charge in [0.1, 0.15) is 0 Å². The minimum absolute atomic E-state index is 0.0402. The van der Waals surface area contributed by atoms with E-state index < -0.39 is 0 Å². The van der Waals surface area contributed by atoms with Gasteiger partial charge >= 0.3 is 0 Å². The monoisotopic (exact) mass is 395 g/mol. The number of amides is 2. The number of anilines is 1. The van der Waals surface area contributed by atoms with Crippen molar-refractivity contribution in [3.63, 3.8) is 0 Å². The molecule has 2 aliphatic heterocycles. The molecule has 0 saturated carbocycles. The van der Waals surface area contributed by atoms with E-state index in [4.69, 9.17) is 0 Å². The summed E-state index contributed by atoms with van der Waals surface area (Å²) in [6.07, 6.45) is 2.52. The number of nitrogens with zero attached hydrogens (tertiary/aromatic N) is 2. The molecule has 5 nitrogen and oxygen atoms in total. The van der Waals surface area contributed by atoms with Gasteiger partial charge in [-0.3, -0.25) is 9.59 Å². The summed E-state index contributed by atoms with van der Waals surface area (Å²) in [5, 5.41) is 3.00. The lowest BCUT2D eigenvalue weighted by molar-refractivity contribution is -0.116. The molecule has 4 rings (SSSR count). The average molecular weight is 396 g/mol. The Morgan fingerprint density at radius 2 is 1.79 bits per heavy atom. The summed E-state index contributed by atoms with van der Waals surface area (Å²) in [5.41, 5.74) is 2.64. The molecule has 2 aromatic carbocycles. The normalized spacial score (nSPS) is 16.9. The topological polar surface area (TPSA) is 52.7 Å². The summed E-state index contributed by atoms with van der Waals surface area (Å²) in [4.78, 5) is 30.1. The second-order valence-electron chi connectivity index (χ2n) is 7.24. The number of nitrogens with one attached hydrogen (secondary N) is 1. The number of benzene rings is 2. The highest BCUT2D eigenvalue weighted by molar-refractivity contribution is 8.00. The molecule has 28 heavy (non-hydrogen) atoms. The molecule has 2 heterocycles. The lowest BCUT2D eigenvalue weighted by Crippen LogP contribution is -2.34. The van der Waals surface area contributed by atoms with Crippen LogP contribution in [0.3, 0.4) is 0 Å². The van der Waals surface area contributed by atoms with Crippen molar-refractivity contribution in [1.82, 2.24) is 10.2 Å². The van der Waals surface area contributed by atoms with Gasteiger partial charge in [-0.2, -0.15) is 0 Å². The highest BCUT2D eigenvalue weighted by atomic mass is 32.2. The summed E-state index contributed by atoms with van der Waals surface area (Å²) in [5.74, 6) is 0.545. The predicted molar refractivity (Wildman–Crippen MR) is 113 cm³/mol. The van der Waals surface area contributed by atoms with E-state index in [1.54, 1.807) is 11.8 Å². The van der Waals surface area contributed by atoms with Crippen LogP contribution in [0.15, 0.2) is 53.4 Å². The quantitative estimate of drug-likeness (QED) is 0.816. The first-order valence-corrected chi connectivity index (χ1v) is 10.8. The number of hydrogen-bond acceptors (Lipinski definition) is 4. The van der Waals surface area contributed by atoms with Gasteiger partial charge in [-0.15, -0.1) is 11.8 Å². The first-order chi connectivity index (χ1) is 13.7. The molecule has 0 unspecified atom stereocenters. The molecule has 0 radical (unpaired) electrons. The number of thioether (sulfide) groups is 1. The van der Waals surface area contributed by atoms with Crippen LogP contribution in [0.2, 0.25) is 0 Å². The first-order valence-electron chi connectivity index (χ1n) is 9.82. The summed E-state index contributed by atoms with van der Waals surface area (Å²) >= 11 is 1.59. The van der Waals surface area contributed by atoms with Crippen LogP contribution in [0.4, 0.5) is 5.69 Å². The van der Waals surface area contributed by atoms with Gasteiger partial charge < -0.3 is 15.1 Å². The minimum atomic E-state index is -0.0402. The molecule has 2 amide bonds. The summed E-state index contributed by atoms with van der Waals surface area (Å²) < 4.78 is 0. The Morgan fingerprint density at radius 1 is 1.04 bits per heavy atom. The Bertz CT molecular complexity index is 847. The van der Waals surface area contributed by atoms with Crippen molar-refractivity contribution in [1.29, 1.82) is 0 Å². The van der Waals surface area contributed by atoms with Crippen LogP contribution in [0.25, 0.3) is 0 Å². The molecule has 2 aliphatic rings. The number of para-hydroxylation sites is 1. The van der Waals surface area contributed by atoms with Crippen LogP contribution < -0.4 is 10.2 Å². The molecular weight excluding hydrogens is 370 g/mol. The van der Waals surface area contributed by atoms with Crippen molar-refractivity contribution in [3.05, 3.63) is 59.7 Å². The van der Waals surface area contributed by atoms with Gasteiger partial charge in [-0.05, 0) is 55.8 Å². The van der Waals surface area contributed by atoms with E-state index in [-0.39, 0.29) is 11.8 Å². The third-order valence-electron chi connectivity index (χ3n) is 5.28. The molecule has 0 spiro atoms. The van der Waals surface area contributed by atoms with Crippen LogP contribution in [0.5, 0.6) is 0 Å². The molecule has 1 saturated heterocycles. The summed E-state index contributed by atoms with van der Waals surface area (Å²) in [7, 11) is 0. The van der Waals surface area contributed by atoms with Crippen molar-refractivity contribution < 1.29 is 9.59 Å². The fourth-order valence-corrected chi connectivity index (χ4v) is 4.64. The van der Waals surface area contributed by atoms with Gasteiger partial charge in [0.2, 0.25) is 5.91 Å². The molecule has 146 valence electrons. The van der Waals surface area contributed by atoms with E-state index in [1.807, 2.05) is 47.4 Å². The maximum Gasteiger partial charge on any atom is 0.251 e. The molecule has 1 fully saturated rings. The number of carbonyl (C=O) groups excluding carboxylic acids is 2. The number of carbonyl (C=O) groups is 2. The lowest BCUT2D eigenvalue weighted by Gasteiger charge is -2.29. The lowest BCUT2D eigenvalue weighted by atomic mass is 10.1. The van der Waals surface area contributed by atoms with E-state index in [1.165, 1.54) is 12.8 Å². The summed E-state index contributed by atoms with van der Waals surface area (Å²) in [6, 6.07) is 15.6. The van der Waals surface area contributed by atoms with E-state index >= 15 is 0 Å².